The number of halogens is 1. The zero-order valence-electron chi connectivity index (χ0n) is 16.7. The fourth-order valence-corrected chi connectivity index (χ4v) is 2.60. The average Bonchev–Trinajstić information content (AvgIpc) is 2.76. The highest BCUT2D eigenvalue weighted by atomic mass is 35.5. The van der Waals surface area contributed by atoms with Crippen molar-refractivity contribution in [2.24, 2.45) is 0 Å². The van der Waals surface area contributed by atoms with Crippen LogP contribution in [-0.2, 0) is 14.3 Å². The molecule has 5 nitrogen and oxygen atoms in total. The normalized spacial score (nSPS) is 10.6. The molecule has 158 valence electrons. The van der Waals surface area contributed by atoms with Gasteiger partial charge in [-0.15, -0.1) is 0 Å². The number of hydrogen-bond donors (Lipinski definition) is 0. The summed E-state index contributed by atoms with van der Waals surface area (Å²) in [4.78, 5) is 22.8. The fourth-order valence-electron chi connectivity index (χ4n) is 2.47. The second-order valence-electron chi connectivity index (χ2n) is 6.41. The van der Waals surface area contributed by atoms with Gasteiger partial charge in [0.15, 0.2) is 0 Å². The number of hydrogen-bond acceptors (Lipinski definition) is 5. The predicted molar refractivity (Wildman–Crippen MR) is 118 cm³/mol. The zero-order chi connectivity index (χ0) is 21.6. The quantitative estimate of drug-likeness (QED) is 0.190. The second kappa shape index (κ2) is 13.2. The van der Waals surface area contributed by atoms with Crippen molar-refractivity contribution in [2.75, 3.05) is 13.2 Å². The van der Waals surface area contributed by atoms with Crippen molar-refractivity contribution >= 4 is 29.6 Å². The minimum Gasteiger partial charge on any atom is -0.494 e. The molecule has 30 heavy (non-hydrogen) atoms. The maximum atomic E-state index is 11.9. The largest absolute Gasteiger partial charge is 0.494 e. The van der Waals surface area contributed by atoms with Crippen molar-refractivity contribution in [3.8, 4) is 11.5 Å². The van der Waals surface area contributed by atoms with Crippen LogP contribution < -0.4 is 9.47 Å². The Morgan fingerprint density at radius 3 is 2.13 bits per heavy atom. The van der Waals surface area contributed by atoms with Crippen LogP contribution in [0.15, 0.2) is 67.3 Å². The third kappa shape index (κ3) is 9.43. The van der Waals surface area contributed by atoms with E-state index < -0.39 is 5.97 Å². The number of unbranched alkanes of at least 4 members (excludes halogenated alkanes) is 3. The van der Waals surface area contributed by atoms with Crippen LogP contribution in [0.3, 0.4) is 0 Å². The SMILES string of the molecule is C=CC(=O)OCCCCCCOc1ccc(/C=C/C(=O)Oc2ccc(Cl)cc2)cc1. The van der Waals surface area contributed by atoms with Gasteiger partial charge in [-0.25, -0.2) is 9.59 Å². The highest BCUT2D eigenvalue weighted by Gasteiger charge is 2.01. The molecule has 0 saturated heterocycles. The van der Waals surface area contributed by atoms with E-state index in [4.69, 9.17) is 25.8 Å². The van der Waals surface area contributed by atoms with Gasteiger partial charge in [0.2, 0.25) is 0 Å². The van der Waals surface area contributed by atoms with Crippen LogP contribution in [-0.4, -0.2) is 25.2 Å². The molecular formula is C24H25ClO5. The minimum absolute atomic E-state index is 0.380. The van der Waals surface area contributed by atoms with Crippen molar-refractivity contribution < 1.29 is 23.8 Å². The Labute approximate surface area is 181 Å². The van der Waals surface area contributed by atoms with Gasteiger partial charge in [0.05, 0.1) is 13.2 Å². The van der Waals surface area contributed by atoms with Crippen LogP contribution in [0.2, 0.25) is 5.02 Å². The maximum Gasteiger partial charge on any atom is 0.336 e. The third-order valence-electron chi connectivity index (χ3n) is 4.04. The van der Waals surface area contributed by atoms with Gasteiger partial charge in [-0.2, -0.15) is 0 Å². The molecular weight excluding hydrogens is 404 g/mol. The first kappa shape index (κ1) is 23.2. The average molecular weight is 429 g/mol. The van der Waals surface area contributed by atoms with E-state index in [1.807, 2.05) is 24.3 Å². The monoisotopic (exact) mass is 428 g/mol. The molecule has 0 radical (unpaired) electrons. The van der Waals surface area contributed by atoms with Crippen LogP contribution in [0.1, 0.15) is 31.2 Å². The molecule has 0 aliphatic rings. The molecule has 0 aliphatic heterocycles. The van der Waals surface area contributed by atoms with E-state index in [0.29, 0.717) is 24.0 Å². The van der Waals surface area contributed by atoms with E-state index in [-0.39, 0.29) is 5.97 Å². The number of benzene rings is 2. The Bertz CT molecular complexity index is 841. The lowest BCUT2D eigenvalue weighted by Gasteiger charge is -2.06. The summed E-state index contributed by atoms with van der Waals surface area (Å²) in [6, 6.07) is 14.1. The summed E-state index contributed by atoms with van der Waals surface area (Å²) in [7, 11) is 0. The second-order valence-corrected chi connectivity index (χ2v) is 6.85. The molecule has 0 bridgehead atoms. The van der Waals surface area contributed by atoms with Gasteiger partial charge in [0, 0.05) is 17.2 Å². The maximum absolute atomic E-state index is 11.9. The first-order valence-corrected chi connectivity index (χ1v) is 10.1. The van der Waals surface area contributed by atoms with Gasteiger partial charge in [0.25, 0.3) is 0 Å². The lowest BCUT2D eigenvalue weighted by atomic mass is 10.2. The first-order chi connectivity index (χ1) is 14.6. The molecule has 2 aromatic carbocycles. The standard InChI is InChI=1S/C24H25ClO5/c1-2-23(26)29-18-6-4-3-5-17-28-21-12-7-19(8-13-21)9-16-24(27)30-22-14-10-20(25)11-15-22/h2,7-16H,1,3-6,17-18H2/b16-9+. The van der Waals surface area contributed by atoms with Crippen LogP contribution in [0, 0.1) is 0 Å². The van der Waals surface area contributed by atoms with E-state index in [1.165, 1.54) is 12.2 Å². The molecule has 0 unspecified atom stereocenters. The lowest BCUT2D eigenvalue weighted by molar-refractivity contribution is -0.137. The van der Waals surface area contributed by atoms with E-state index in [9.17, 15) is 9.59 Å². The van der Waals surface area contributed by atoms with Crippen molar-refractivity contribution in [1.82, 2.24) is 0 Å². The Morgan fingerprint density at radius 1 is 0.833 bits per heavy atom. The summed E-state index contributed by atoms with van der Waals surface area (Å²) in [6.07, 6.45) is 7.96. The van der Waals surface area contributed by atoms with Crippen molar-refractivity contribution in [3.63, 3.8) is 0 Å². The smallest absolute Gasteiger partial charge is 0.336 e. The summed E-state index contributed by atoms with van der Waals surface area (Å²) >= 11 is 5.80. The summed E-state index contributed by atoms with van der Waals surface area (Å²) in [5.41, 5.74) is 0.865. The Morgan fingerprint density at radius 2 is 1.47 bits per heavy atom. The van der Waals surface area contributed by atoms with Crippen LogP contribution >= 0.6 is 11.6 Å². The third-order valence-corrected chi connectivity index (χ3v) is 4.29. The first-order valence-electron chi connectivity index (χ1n) is 9.74. The van der Waals surface area contributed by atoms with E-state index >= 15 is 0 Å². The Balaban J connectivity index is 1.62. The molecule has 0 fully saturated rings. The molecule has 0 amide bonds. The molecule has 0 aliphatic carbocycles. The van der Waals surface area contributed by atoms with Crippen molar-refractivity contribution in [2.45, 2.75) is 25.7 Å². The zero-order valence-corrected chi connectivity index (χ0v) is 17.5. The van der Waals surface area contributed by atoms with Crippen LogP contribution in [0.4, 0.5) is 0 Å². The Kier molecular flexibility index (Phi) is 10.2. The van der Waals surface area contributed by atoms with Gasteiger partial charge in [-0.1, -0.05) is 30.3 Å². The van der Waals surface area contributed by atoms with E-state index in [1.54, 1.807) is 30.3 Å². The van der Waals surface area contributed by atoms with Gasteiger partial charge in [0.1, 0.15) is 11.5 Å². The summed E-state index contributed by atoms with van der Waals surface area (Å²) in [6.45, 7) is 4.40. The Hall–Kier alpha value is -3.05. The van der Waals surface area contributed by atoms with E-state index in [0.717, 1.165) is 37.0 Å². The van der Waals surface area contributed by atoms with Crippen molar-refractivity contribution in [3.05, 3.63) is 77.8 Å². The molecule has 0 saturated carbocycles. The predicted octanol–water partition coefficient (Wildman–Crippen LogP) is 5.63. The number of carbonyl (C=O) groups is 2. The topological polar surface area (TPSA) is 61.8 Å². The molecule has 6 heteroatoms. The molecule has 0 atom stereocenters. The van der Waals surface area contributed by atoms with Gasteiger partial charge >= 0.3 is 11.9 Å². The number of ether oxygens (including phenoxy) is 3. The highest BCUT2D eigenvalue weighted by molar-refractivity contribution is 6.30. The molecule has 2 rings (SSSR count). The summed E-state index contributed by atoms with van der Waals surface area (Å²) in [5.74, 6) is 0.373. The number of carbonyl (C=O) groups excluding carboxylic acids is 2. The van der Waals surface area contributed by atoms with Crippen molar-refractivity contribution in [1.29, 1.82) is 0 Å². The molecule has 0 aromatic heterocycles. The fraction of sp³-hybridized carbons (Fsp3) is 0.250. The lowest BCUT2D eigenvalue weighted by Crippen LogP contribution is -2.03. The van der Waals surface area contributed by atoms with Gasteiger partial charge in [-0.05, 0) is 73.7 Å². The molecule has 2 aromatic rings. The minimum atomic E-state index is -0.461. The van der Waals surface area contributed by atoms with Crippen LogP contribution in [0.5, 0.6) is 11.5 Å². The molecule has 0 heterocycles. The molecule has 0 N–H and O–H groups in total. The van der Waals surface area contributed by atoms with E-state index in [2.05, 4.69) is 6.58 Å². The number of esters is 2. The number of rotatable bonds is 12. The van der Waals surface area contributed by atoms with Crippen LogP contribution in [0.25, 0.3) is 6.08 Å². The van der Waals surface area contributed by atoms with Gasteiger partial charge < -0.3 is 14.2 Å². The summed E-state index contributed by atoms with van der Waals surface area (Å²) < 4.78 is 15.8. The van der Waals surface area contributed by atoms with Gasteiger partial charge in [-0.3, -0.25) is 0 Å². The molecule has 0 spiro atoms. The summed E-state index contributed by atoms with van der Waals surface area (Å²) in [5, 5.41) is 0.583. The highest BCUT2D eigenvalue weighted by Crippen LogP contribution is 2.17.